The van der Waals surface area contributed by atoms with Crippen molar-refractivity contribution in [2.75, 3.05) is 0 Å². The van der Waals surface area contributed by atoms with Gasteiger partial charge in [-0.1, -0.05) is 6.07 Å². The molecule has 5 heteroatoms. The third-order valence-electron chi connectivity index (χ3n) is 2.16. The lowest BCUT2D eigenvalue weighted by Gasteiger charge is -2.03. The molecule has 2 rings (SSSR count). The number of nitrogens with zero attached hydrogens (tertiary/aromatic N) is 2. The summed E-state index contributed by atoms with van der Waals surface area (Å²) < 4.78 is 14.4. The van der Waals surface area contributed by atoms with Crippen molar-refractivity contribution < 1.29 is 14.3 Å². The lowest BCUT2D eigenvalue weighted by molar-refractivity contribution is 0.0690. The van der Waals surface area contributed by atoms with E-state index in [0.29, 0.717) is 11.4 Å². The normalized spacial score (nSPS) is 10.4. The number of carboxylic acid groups (broad SMARTS) is 1. The maximum Gasteiger partial charge on any atom is 0.356 e. The third kappa shape index (κ3) is 1.79. The second-order valence-electron chi connectivity index (χ2n) is 3.37. The molecule has 0 aliphatic heterocycles. The Hall–Kier alpha value is -2.17. The molecule has 0 saturated carbocycles. The second kappa shape index (κ2) is 3.77. The van der Waals surface area contributed by atoms with Crippen LogP contribution >= 0.6 is 0 Å². The van der Waals surface area contributed by atoms with E-state index in [9.17, 15) is 9.18 Å². The first-order chi connectivity index (χ1) is 7.58. The topological polar surface area (TPSA) is 55.1 Å². The van der Waals surface area contributed by atoms with Crippen LogP contribution in [0.15, 0.2) is 30.3 Å². The number of halogens is 1. The van der Waals surface area contributed by atoms with E-state index in [4.69, 9.17) is 5.11 Å². The summed E-state index contributed by atoms with van der Waals surface area (Å²) in [6.07, 6.45) is 0. The monoisotopic (exact) mass is 220 g/mol. The number of aromatic carboxylic acids is 1. The van der Waals surface area contributed by atoms with Crippen molar-refractivity contribution in [1.29, 1.82) is 0 Å². The van der Waals surface area contributed by atoms with E-state index in [2.05, 4.69) is 5.10 Å². The Balaban J connectivity index is 2.52. The molecule has 2 aromatic rings. The van der Waals surface area contributed by atoms with Gasteiger partial charge in [-0.2, -0.15) is 5.10 Å². The number of rotatable bonds is 2. The fourth-order valence-electron chi connectivity index (χ4n) is 1.45. The van der Waals surface area contributed by atoms with Crippen molar-refractivity contribution >= 4 is 5.97 Å². The molecule has 1 heterocycles. The summed E-state index contributed by atoms with van der Waals surface area (Å²) >= 11 is 0. The van der Waals surface area contributed by atoms with Crippen molar-refractivity contribution in [3.8, 4) is 5.69 Å². The molecule has 0 fully saturated rings. The minimum atomic E-state index is -1.10. The molecule has 0 aliphatic rings. The molecule has 0 spiro atoms. The van der Waals surface area contributed by atoms with E-state index in [1.807, 2.05) is 0 Å². The highest BCUT2D eigenvalue weighted by Crippen LogP contribution is 2.13. The summed E-state index contributed by atoms with van der Waals surface area (Å²) in [5, 5.41) is 12.6. The number of hydrogen-bond acceptors (Lipinski definition) is 2. The molecule has 0 bridgehead atoms. The van der Waals surface area contributed by atoms with Gasteiger partial charge < -0.3 is 5.11 Å². The SMILES string of the molecule is Cc1cc(C(=O)O)nn1-c1cccc(F)c1. The highest BCUT2D eigenvalue weighted by molar-refractivity contribution is 5.85. The molecule has 16 heavy (non-hydrogen) atoms. The Bertz CT molecular complexity index is 549. The van der Waals surface area contributed by atoms with Gasteiger partial charge in [-0.05, 0) is 31.2 Å². The lowest BCUT2D eigenvalue weighted by atomic mass is 10.3. The minimum absolute atomic E-state index is 0.0539. The predicted octanol–water partition coefficient (Wildman–Crippen LogP) is 2.02. The van der Waals surface area contributed by atoms with Gasteiger partial charge in [0.15, 0.2) is 5.69 Å². The molecule has 1 N–H and O–H groups in total. The average molecular weight is 220 g/mol. The fraction of sp³-hybridized carbons (Fsp3) is 0.0909. The van der Waals surface area contributed by atoms with E-state index in [1.54, 1.807) is 19.1 Å². The van der Waals surface area contributed by atoms with Gasteiger partial charge in [-0.25, -0.2) is 13.9 Å². The van der Waals surface area contributed by atoms with Gasteiger partial charge in [0.1, 0.15) is 5.82 Å². The van der Waals surface area contributed by atoms with Gasteiger partial charge in [0.05, 0.1) is 5.69 Å². The van der Waals surface area contributed by atoms with Gasteiger partial charge >= 0.3 is 5.97 Å². The standard InChI is InChI=1S/C11H9FN2O2/c1-7-5-10(11(15)16)13-14(7)9-4-2-3-8(12)6-9/h2-6H,1H3,(H,15,16). The van der Waals surface area contributed by atoms with E-state index in [0.717, 1.165) is 0 Å². The zero-order valence-corrected chi connectivity index (χ0v) is 8.51. The number of benzene rings is 1. The number of carboxylic acids is 1. The number of aromatic nitrogens is 2. The summed E-state index contributed by atoms with van der Waals surface area (Å²) in [6, 6.07) is 7.26. The number of hydrogen-bond donors (Lipinski definition) is 1. The Morgan fingerprint density at radius 1 is 1.44 bits per heavy atom. The molecule has 4 nitrogen and oxygen atoms in total. The van der Waals surface area contributed by atoms with Crippen molar-refractivity contribution in [2.45, 2.75) is 6.92 Å². The fourth-order valence-corrected chi connectivity index (χ4v) is 1.45. The van der Waals surface area contributed by atoms with Crippen molar-refractivity contribution in [3.63, 3.8) is 0 Å². The van der Waals surface area contributed by atoms with Crippen LogP contribution in [-0.2, 0) is 0 Å². The first-order valence-corrected chi connectivity index (χ1v) is 4.64. The molecular weight excluding hydrogens is 211 g/mol. The third-order valence-corrected chi connectivity index (χ3v) is 2.16. The Morgan fingerprint density at radius 2 is 2.19 bits per heavy atom. The molecule has 82 valence electrons. The molecule has 0 atom stereocenters. The zero-order chi connectivity index (χ0) is 11.7. The molecule has 0 amide bonds. The first kappa shape index (κ1) is 10.4. The predicted molar refractivity (Wildman–Crippen MR) is 55.2 cm³/mol. The Labute approximate surface area is 90.9 Å². The van der Waals surface area contributed by atoms with Gasteiger partial charge in [0, 0.05) is 5.69 Å². The highest BCUT2D eigenvalue weighted by atomic mass is 19.1. The van der Waals surface area contributed by atoms with E-state index < -0.39 is 5.97 Å². The van der Waals surface area contributed by atoms with Crippen LogP contribution in [0.1, 0.15) is 16.2 Å². The van der Waals surface area contributed by atoms with Crippen LogP contribution in [0.3, 0.4) is 0 Å². The van der Waals surface area contributed by atoms with Crippen LogP contribution in [0.4, 0.5) is 4.39 Å². The van der Waals surface area contributed by atoms with E-state index in [-0.39, 0.29) is 11.5 Å². The molecule has 0 aliphatic carbocycles. The zero-order valence-electron chi connectivity index (χ0n) is 8.51. The largest absolute Gasteiger partial charge is 0.476 e. The van der Waals surface area contributed by atoms with Gasteiger partial charge in [-0.3, -0.25) is 0 Å². The molecule has 1 aromatic carbocycles. The van der Waals surface area contributed by atoms with Crippen LogP contribution in [0.2, 0.25) is 0 Å². The minimum Gasteiger partial charge on any atom is -0.476 e. The van der Waals surface area contributed by atoms with Gasteiger partial charge in [0.2, 0.25) is 0 Å². The Kier molecular flexibility index (Phi) is 2.44. The number of carbonyl (C=O) groups is 1. The molecular formula is C11H9FN2O2. The maximum atomic E-state index is 13.0. The Morgan fingerprint density at radius 3 is 2.75 bits per heavy atom. The summed E-state index contributed by atoms with van der Waals surface area (Å²) in [5.74, 6) is -1.48. The average Bonchev–Trinajstić information content (AvgIpc) is 2.60. The highest BCUT2D eigenvalue weighted by Gasteiger charge is 2.11. The summed E-state index contributed by atoms with van der Waals surface area (Å²) in [4.78, 5) is 10.7. The van der Waals surface area contributed by atoms with Crippen LogP contribution in [0.5, 0.6) is 0 Å². The molecule has 0 radical (unpaired) electrons. The quantitative estimate of drug-likeness (QED) is 0.842. The first-order valence-electron chi connectivity index (χ1n) is 4.64. The van der Waals surface area contributed by atoms with Crippen LogP contribution in [-0.4, -0.2) is 20.9 Å². The van der Waals surface area contributed by atoms with Crippen LogP contribution in [0.25, 0.3) is 5.69 Å². The number of aryl methyl sites for hydroxylation is 1. The van der Waals surface area contributed by atoms with Crippen molar-refractivity contribution in [2.24, 2.45) is 0 Å². The van der Waals surface area contributed by atoms with Crippen molar-refractivity contribution in [1.82, 2.24) is 9.78 Å². The summed E-state index contributed by atoms with van der Waals surface area (Å²) in [7, 11) is 0. The lowest BCUT2D eigenvalue weighted by Crippen LogP contribution is -2.02. The van der Waals surface area contributed by atoms with Crippen molar-refractivity contribution in [3.05, 3.63) is 47.5 Å². The molecule has 0 saturated heterocycles. The van der Waals surface area contributed by atoms with Crippen LogP contribution in [0, 0.1) is 12.7 Å². The van der Waals surface area contributed by atoms with Gasteiger partial charge in [0.25, 0.3) is 0 Å². The summed E-state index contributed by atoms with van der Waals surface area (Å²) in [6.45, 7) is 1.71. The van der Waals surface area contributed by atoms with E-state index >= 15 is 0 Å². The molecule has 1 aromatic heterocycles. The smallest absolute Gasteiger partial charge is 0.356 e. The maximum absolute atomic E-state index is 13.0. The second-order valence-corrected chi connectivity index (χ2v) is 3.37. The van der Waals surface area contributed by atoms with E-state index in [1.165, 1.54) is 22.9 Å². The van der Waals surface area contributed by atoms with Crippen LogP contribution < -0.4 is 0 Å². The summed E-state index contributed by atoms with van der Waals surface area (Å²) in [5.41, 5.74) is 1.09. The van der Waals surface area contributed by atoms with Gasteiger partial charge in [-0.15, -0.1) is 0 Å². The molecule has 0 unspecified atom stereocenters.